The molecule has 28 heavy (non-hydrogen) atoms. The topological polar surface area (TPSA) is 66.5 Å². The van der Waals surface area contributed by atoms with Gasteiger partial charge < -0.3 is 5.32 Å². The van der Waals surface area contributed by atoms with Crippen molar-refractivity contribution in [2.75, 3.05) is 13.1 Å². The van der Waals surface area contributed by atoms with E-state index in [0.717, 1.165) is 22.0 Å². The Kier molecular flexibility index (Phi) is 8.22. The van der Waals surface area contributed by atoms with E-state index in [1.54, 1.807) is 24.3 Å². The van der Waals surface area contributed by atoms with Crippen LogP contribution in [0.5, 0.6) is 0 Å². The fourth-order valence-electron chi connectivity index (χ4n) is 2.59. The third kappa shape index (κ3) is 6.72. The van der Waals surface area contributed by atoms with Gasteiger partial charge in [0.25, 0.3) is 0 Å². The van der Waals surface area contributed by atoms with Crippen LogP contribution in [0.2, 0.25) is 0 Å². The van der Waals surface area contributed by atoms with Crippen molar-refractivity contribution in [1.82, 2.24) is 9.62 Å². The molecule has 0 bridgehead atoms. The summed E-state index contributed by atoms with van der Waals surface area (Å²) in [6.07, 6.45) is 0.850. The molecular formula is C21H27BrN2O3S. The summed E-state index contributed by atoms with van der Waals surface area (Å²) < 4.78 is 28.5. The molecule has 0 aliphatic heterocycles. The van der Waals surface area contributed by atoms with E-state index in [-0.39, 0.29) is 23.9 Å². The molecule has 1 N–H and O–H groups in total. The number of sulfonamides is 1. The van der Waals surface area contributed by atoms with Gasteiger partial charge in [-0.15, -0.1) is 0 Å². The van der Waals surface area contributed by atoms with Gasteiger partial charge in [0.1, 0.15) is 0 Å². The average molecular weight is 467 g/mol. The van der Waals surface area contributed by atoms with Crippen LogP contribution in [-0.2, 0) is 21.4 Å². The minimum atomic E-state index is -3.80. The van der Waals surface area contributed by atoms with Crippen LogP contribution in [0.1, 0.15) is 31.4 Å². The summed E-state index contributed by atoms with van der Waals surface area (Å²) in [7, 11) is -3.80. The number of halogens is 1. The lowest BCUT2D eigenvalue weighted by Crippen LogP contribution is -2.40. The van der Waals surface area contributed by atoms with Crippen LogP contribution < -0.4 is 5.32 Å². The minimum absolute atomic E-state index is 0.126. The van der Waals surface area contributed by atoms with Crippen molar-refractivity contribution in [3.05, 3.63) is 64.1 Å². The van der Waals surface area contributed by atoms with Gasteiger partial charge in [0, 0.05) is 17.6 Å². The largest absolute Gasteiger partial charge is 0.355 e. The van der Waals surface area contributed by atoms with Crippen molar-refractivity contribution in [2.45, 2.75) is 38.6 Å². The van der Waals surface area contributed by atoms with Crippen molar-refractivity contribution in [2.24, 2.45) is 5.92 Å². The maximum Gasteiger partial charge on any atom is 0.243 e. The molecule has 2 aromatic carbocycles. The molecule has 0 heterocycles. The lowest BCUT2D eigenvalue weighted by Gasteiger charge is -2.22. The van der Waals surface area contributed by atoms with Gasteiger partial charge in [0.05, 0.1) is 11.4 Å². The molecule has 0 aliphatic rings. The molecule has 152 valence electrons. The van der Waals surface area contributed by atoms with Crippen LogP contribution >= 0.6 is 15.9 Å². The lowest BCUT2D eigenvalue weighted by atomic mass is 10.1. The van der Waals surface area contributed by atoms with E-state index in [2.05, 4.69) is 35.1 Å². The number of hydrogen-bond acceptors (Lipinski definition) is 3. The number of amides is 1. The van der Waals surface area contributed by atoms with Gasteiger partial charge in [-0.05, 0) is 49.1 Å². The summed E-state index contributed by atoms with van der Waals surface area (Å²) in [5, 5.41) is 2.82. The van der Waals surface area contributed by atoms with Crippen LogP contribution in [0.3, 0.4) is 0 Å². The highest BCUT2D eigenvalue weighted by Gasteiger charge is 2.26. The standard InChI is InChI=1S/C21H27BrN2O3S/c1-16(2)12-13-23-21(25)15-24(14-18-6-8-19(22)9-7-18)28(26,27)20-10-4-17(3)5-11-20/h4-11,16H,12-15H2,1-3H3,(H,23,25). The fourth-order valence-corrected chi connectivity index (χ4v) is 4.24. The van der Waals surface area contributed by atoms with Gasteiger partial charge in [-0.2, -0.15) is 4.31 Å². The molecule has 5 nitrogen and oxygen atoms in total. The van der Waals surface area contributed by atoms with Gasteiger partial charge in [-0.25, -0.2) is 8.42 Å². The number of rotatable bonds is 9. The smallest absolute Gasteiger partial charge is 0.243 e. The van der Waals surface area contributed by atoms with Crippen molar-refractivity contribution in [3.63, 3.8) is 0 Å². The molecule has 0 unspecified atom stereocenters. The van der Waals surface area contributed by atoms with Crippen molar-refractivity contribution >= 4 is 31.9 Å². The van der Waals surface area contributed by atoms with E-state index < -0.39 is 10.0 Å². The van der Waals surface area contributed by atoms with E-state index in [9.17, 15) is 13.2 Å². The molecule has 0 saturated heterocycles. The maximum absolute atomic E-state index is 13.2. The Hall–Kier alpha value is -1.70. The van der Waals surface area contributed by atoms with Crippen LogP contribution in [0, 0.1) is 12.8 Å². The number of carbonyl (C=O) groups excluding carboxylic acids is 1. The first-order valence-corrected chi connectivity index (χ1v) is 11.5. The zero-order valence-corrected chi connectivity index (χ0v) is 18.9. The Balaban J connectivity index is 2.23. The quantitative estimate of drug-likeness (QED) is 0.604. The SMILES string of the molecule is Cc1ccc(S(=O)(=O)N(CC(=O)NCCC(C)C)Cc2ccc(Br)cc2)cc1. The maximum atomic E-state index is 13.2. The van der Waals surface area contributed by atoms with Crippen LogP contribution in [0.4, 0.5) is 0 Å². The molecule has 7 heteroatoms. The van der Waals surface area contributed by atoms with E-state index in [1.165, 1.54) is 4.31 Å². The van der Waals surface area contributed by atoms with E-state index in [0.29, 0.717) is 12.5 Å². The molecule has 0 spiro atoms. The number of hydrogen-bond donors (Lipinski definition) is 1. The summed E-state index contributed by atoms with van der Waals surface area (Å²) in [6.45, 7) is 6.50. The molecule has 0 atom stereocenters. The Morgan fingerprint density at radius 3 is 2.25 bits per heavy atom. The molecule has 2 aromatic rings. The van der Waals surface area contributed by atoms with Gasteiger partial charge in [0.2, 0.25) is 15.9 Å². The Morgan fingerprint density at radius 2 is 1.68 bits per heavy atom. The van der Waals surface area contributed by atoms with Crippen molar-refractivity contribution in [3.8, 4) is 0 Å². The molecular weight excluding hydrogens is 440 g/mol. The highest BCUT2D eigenvalue weighted by molar-refractivity contribution is 9.10. The molecule has 0 fully saturated rings. The van der Waals surface area contributed by atoms with E-state index >= 15 is 0 Å². The second-order valence-corrected chi connectivity index (χ2v) is 10.1. The molecule has 0 radical (unpaired) electrons. The lowest BCUT2D eigenvalue weighted by molar-refractivity contribution is -0.121. The molecule has 0 aromatic heterocycles. The summed E-state index contributed by atoms with van der Waals surface area (Å²) >= 11 is 3.38. The molecule has 0 aliphatic carbocycles. The highest BCUT2D eigenvalue weighted by atomic mass is 79.9. The van der Waals surface area contributed by atoms with Crippen LogP contribution in [0.25, 0.3) is 0 Å². The second-order valence-electron chi connectivity index (χ2n) is 7.25. The zero-order valence-electron chi connectivity index (χ0n) is 16.5. The second kappa shape index (κ2) is 10.2. The number of aryl methyl sites for hydroxylation is 1. The number of carbonyl (C=O) groups is 1. The van der Waals surface area contributed by atoms with Crippen molar-refractivity contribution < 1.29 is 13.2 Å². The van der Waals surface area contributed by atoms with Gasteiger partial charge in [-0.3, -0.25) is 4.79 Å². The third-order valence-electron chi connectivity index (χ3n) is 4.29. The normalized spacial score (nSPS) is 11.8. The Bertz CT molecular complexity index is 879. The van der Waals surface area contributed by atoms with E-state index in [1.807, 2.05) is 31.2 Å². The first-order chi connectivity index (χ1) is 13.2. The van der Waals surface area contributed by atoms with Gasteiger partial charge in [-0.1, -0.05) is 59.6 Å². The number of benzene rings is 2. The monoisotopic (exact) mass is 466 g/mol. The van der Waals surface area contributed by atoms with Gasteiger partial charge >= 0.3 is 0 Å². The minimum Gasteiger partial charge on any atom is -0.355 e. The predicted molar refractivity (Wildman–Crippen MR) is 115 cm³/mol. The summed E-state index contributed by atoms with van der Waals surface area (Å²) in [4.78, 5) is 12.6. The molecule has 2 rings (SSSR count). The molecule has 0 saturated carbocycles. The summed E-state index contributed by atoms with van der Waals surface area (Å²) in [5.41, 5.74) is 1.79. The highest BCUT2D eigenvalue weighted by Crippen LogP contribution is 2.20. The van der Waals surface area contributed by atoms with Crippen LogP contribution in [0.15, 0.2) is 57.9 Å². The third-order valence-corrected chi connectivity index (χ3v) is 6.63. The fraction of sp³-hybridized carbons (Fsp3) is 0.381. The Morgan fingerprint density at radius 1 is 1.07 bits per heavy atom. The Labute approximate surface area is 176 Å². The number of nitrogens with zero attached hydrogens (tertiary/aromatic N) is 1. The van der Waals surface area contributed by atoms with E-state index in [4.69, 9.17) is 0 Å². The molecule has 1 amide bonds. The summed E-state index contributed by atoms with van der Waals surface area (Å²) in [6, 6.07) is 14.1. The zero-order chi connectivity index (χ0) is 20.7. The first-order valence-electron chi connectivity index (χ1n) is 9.26. The van der Waals surface area contributed by atoms with Gasteiger partial charge in [0.15, 0.2) is 0 Å². The summed E-state index contributed by atoms with van der Waals surface area (Å²) in [5.74, 6) is 0.170. The first kappa shape index (κ1) is 22.6. The predicted octanol–water partition coefficient (Wildman–Crippen LogP) is 4.11. The average Bonchev–Trinajstić information content (AvgIpc) is 2.63. The van der Waals surface area contributed by atoms with Crippen molar-refractivity contribution in [1.29, 1.82) is 0 Å². The number of nitrogens with one attached hydrogen (secondary N) is 1. The van der Waals surface area contributed by atoms with Crippen LogP contribution in [-0.4, -0.2) is 31.7 Å².